The molecular weight excluding hydrogens is 138 g/mol. The topological polar surface area (TPSA) is 69.6 Å². The number of nitrogens with two attached hydrogens (primary N) is 1. The minimum atomic E-state index is 0.527. The molecule has 0 aliphatic heterocycles. The standard InChI is InChI=1S/C3H5N5S/c4-8-3(1-2-9)5-6-7-8/h2H,1,4H2. The second kappa shape index (κ2) is 2.49. The van der Waals surface area contributed by atoms with E-state index in [-0.39, 0.29) is 0 Å². The summed E-state index contributed by atoms with van der Waals surface area (Å²) >= 11 is 4.57. The minimum Gasteiger partial charge on any atom is -0.320 e. The highest BCUT2D eigenvalue weighted by molar-refractivity contribution is 7.78. The fourth-order valence-corrected chi connectivity index (χ4v) is 0.570. The number of aromatic nitrogens is 4. The van der Waals surface area contributed by atoms with Crippen molar-refractivity contribution in [3.63, 3.8) is 0 Å². The van der Waals surface area contributed by atoms with Crippen molar-refractivity contribution in [2.24, 2.45) is 0 Å². The lowest BCUT2D eigenvalue weighted by Crippen LogP contribution is -2.14. The van der Waals surface area contributed by atoms with Crippen LogP contribution in [0.4, 0.5) is 0 Å². The van der Waals surface area contributed by atoms with Crippen LogP contribution in [0.5, 0.6) is 0 Å². The van der Waals surface area contributed by atoms with E-state index >= 15 is 0 Å². The highest BCUT2D eigenvalue weighted by Crippen LogP contribution is 1.83. The number of tetrazole rings is 1. The Labute approximate surface area is 56.8 Å². The normalized spacial score (nSPS) is 9.33. The molecule has 0 aliphatic carbocycles. The van der Waals surface area contributed by atoms with Crippen molar-refractivity contribution in [1.29, 1.82) is 0 Å². The predicted molar refractivity (Wildman–Crippen MR) is 35.3 cm³/mol. The minimum absolute atomic E-state index is 0.527. The van der Waals surface area contributed by atoms with Crippen LogP contribution in [-0.2, 0) is 6.42 Å². The van der Waals surface area contributed by atoms with Gasteiger partial charge in [0.25, 0.3) is 0 Å². The van der Waals surface area contributed by atoms with Crippen LogP contribution in [0.15, 0.2) is 0 Å². The fourth-order valence-electron chi connectivity index (χ4n) is 0.421. The van der Waals surface area contributed by atoms with Crippen molar-refractivity contribution in [3.05, 3.63) is 5.82 Å². The fraction of sp³-hybridized carbons (Fsp3) is 0.333. The van der Waals surface area contributed by atoms with E-state index in [2.05, 4.69) is 27.7 Å². The van der Waals surface area contributed by atoms with Crippen LogP contribution in [0.2, 0.25) is 0 Å². The molecule has 0 aliphatic rings. The predicted octanol–water partition coefficient (Wildman–Crippen LogP) is -1.07. The largest absolute Gasteiger partial charge is 0.320 e. The van der Waals surface area contributed by atoms with Gasteiger partial charge in [0.1, 0.15) is 0 Å². The lowest BCUT2D eigenvalue weighted by Gasteiger charge is -1.88. The van der Waals surface area contributed by atoms with Crippen molar-refractivity contribution in [1.82, 2.24) is 20.3 Å². The van der Waals surface area contributed by atoms with Gasteiger partial charge < -0.3 is 5.84 Å². The van der Waals surface area contributed by atoms with Crippen LogP contribution < -0.4 is 5.84 Å². The lowest BCUT2D eigenvalue weighted by molar-refractivity contribution is 0.740. The summed E-state index contributed by atoms with van der Waals surface area (Å²) in [6.45, 7) is 0. The molecule has 1 aromatic rings. The number of hydrogen-bond acceptors (Lipinski definition) is 5. The zero-order valence-electron chi connectivity index (χ0n) is 4.56. The molecule has 5 nitrogen and oxygen atoms in total. The molecular formula is C3H5N5S. The Morgan fingerprint density at radius 2 is 2.56 bits per heavy atom. The van der Waals surface area contributed by atoms with E-state index in [0.717, 1.165) is 4.79 Å². The first kappa shape index (κ1) is 6.09. The van der Waals surface area contributed by atoms with Gasteiger partial charge in [-0.25, -0.2) is 0 Å². The molecule has 2 N–H and O–H groups in total. The van der Waals surface area contributed by atoms with Gasteiger partial charge in [0.05, 0.1) is 0 Å². The summed E-state index contributed by atoms with van der Waals surface area (Å²) in [6.07, 6.45) is 0.527. The molecule has 0 unspecified atom stereocenters. The van der Waals surface area contributed by atoms with E-state index in [9.17, 15) is 0 Å². The summed E-state index contributed by atoms with van der Waals surface area (Å²) in [5, 5.41) is 11.8. The summed E-state index contributed by atoms with van der Waals surface area (Å²) in [7, 11) is 0. The quantitative estimate of drug-likeness (QED) is 0.421. The van der Waals surface area contributed by atoms with Gasteiger partial charge in [-0.2, -0.15) is 0 Å². The van der Waals surface area contributed by atoms with Crippen molar-refractivity contribution >= 4 is 17.6 Å². The monoisotopic (exact) mass is 143 g/mol. The van der Waals surface area contributed by atoms with Gasteiger partial charge in [-0.05, 0) is 15.8 Å². The summed E-state index contributed by atoms with van der Waals surface area (Å²) in [4.78, 5) is 1.10. The molecule has 9 heavy (non-hydrogen) atoms. The van der Waals surface area contributed by atoms with Crippen LogP contribution in [0.3, 0.4) is 0 Å². The summed E-state index contributed by atoms with van der Waals surface area (Å²) in [5.41, 5.74) is 0. The van der Waals surface area contributed by atoms with E-state index < -0.39 is 0 Å². The Morgan fingerprint density at radius 1 is 1.78 bits per heavy atom. The molecule has 0 radical (unpaired) electrons. The smallest absolute Gasteiger partial charge is 0.178 e. The van der Waals surface area contributed by atoms with E-state index in [1.165, 1.54) is 5.37 Å². The van der Waals surface area contributed by atoms with Gasteiger partial charge in [-0.3, -0.25) is 0 Å². The Balaban J connectivity index is 2.80. The third-order valence-electron chi connectivity index (χ3n) is 0.827. The molecule has 0 aromatic carbocycles. The molecule has 0 fully saturated rings. The first-order valence-electron chi connectivity index (χ1n) is 2.30. The van der Waals surface area contributed by atoms with E-state index in [0.29, 0.717) is 12.2 Å². The van der Waals surface area contributed by atoms with Gasteiger partial charge in [0.15, 0.2) is 5.82 Å². The molecule has 0 saturated heterocycles. The maximum Gasteiger partial charge on any atom is 0.178 e. The highest BCUT2D eigenvalue weighted by Gasteiger charge is 1.97. The van der Waals surface area contributed by atoms with Crippen LogP contribution in [0, 0.1) is 0 Å². The van der Waals surface area contributed by atoms with Gasteiger partial charge in [-0.15, -0.1) is 9.89 Å². The van der Waals surface area contributed by atoms with E-state index in [4.69, 9.17) is 5.84 Å². The third-order valence-corrected chi connectivity index (χ3v) is 0.994. The molecule has 6 heteroatoms. The van der Waals surface area contributed by atoms with E-state index in [1.807, 2.05) is 0 Å². The maximum atomic E-state index is 5.24. The first-order chi connectivity index (χ1) is 4.34. The van der Waals surface area contributed by atoms with Crippen molar-refractivity contribution in [3.8, 4) is 0 Å². The first-order valence-corrected chi connectivity index (χ1v) is 2.77. The SMILES string of the molecule is Nn1nnnc1CC=S. The second-order valence-electron chi connectivity index (χ2n) is 1.41. The highest BCUT2D eigenvalue weighted by atomic mass is 32.1. The summed E-state index contributed by atoms with van der Waals surface area (Å²) in [6, 6.07) is 0. The van der Waals surface area contributed by atoms with Crippen molar-refractivity contribution in [2.75, 3.05) is 5.84 Å². The molecule has 1 rings (SSSR count). The number of hydrogen-bond donors (Lipinski definition) is 1. The van der Waals surface area contributed by atoms with Gasteiger partial charge in [-0.1, -0.05) is 12.2 Å². The van der Waals surface area contributed by atoms with E-state index in [1.54, 1.807) is 0 Å². The van der Waals surface area contributed by atoms with Crippen LogP contribution in [0.25, 0.3) is 0 Å². The van der Waals surface area contributed by atoms with Crippen molar-refractivity contribution < 1.29 is 0 Å². The zero-order valence-corrected chi connectivity index (χ0v) is 5.38. The number of rotatable bonds is 2. The molecule has 1 aromatic heterocycles. The Hall–Kier alpha value is -1.04. The number of nitrogens with zero attached hydrogens (tertiary/aromatic N) is 4. The average Bonchev–Trinajstić information content (AvgIpc) is 2.18. The lowest BCUT2D eigenvalue weighted by atomic mass is 10.5. The van der Waals surface area contributed by atoms with Crippen molar-refractivity contribution in [2.45, 2.75) is 6.42 Å². The molecule has 0 atom stereocenters. The Kier molecular flexibility index (Phi) is 1.69. The van der Waals surface area contributed by atoms with Gasteiger partial charge in [0, 0.05) is 6.42 Å². The van der Waals surface area contributed by atoms with Crippen LogP contribution in [-0.4, -0.2) is 25.7 Å². The maximum absolute atomic E-state index is 5.24. The number of thiocarbonyl (C=S) groups is 1. The Morgan fingerprint density at radius 3 is 3.00 bits per heavy atom. The molecule has 0 saturated carbocycles. The molecule has 48 valence electrons. The van der Waals surface area contributed by atoms with Crippen LogP contribution in [0.1, 0.15) is 5.82 Å². The van der Waals surface area contributed by atoms with Gasteiger partial charge in [0.2, 0.25) is 0 Å². The summed E-state index contributed by atoms with van der Waals surface area (Å²) < 4.78 is 0. The summed E-state index contributed by atoms with van der Waals surface area (Å²) in [5.74, 6) is 5.81. The third kappa shape index (κ3) is 1.20. The average molecular weight is 143 g/mol. The molecule has 1 heterocycles. The zero-order chi connectivity index (χ0) is 6.69. The second-order valence-corrected chi connectivity index (χ2v) is 1.74. The Bertz CT molecular complexity index is 206. The number of nitrogen functional groups attached to an aromatic ring is 1. The molecule has 0 spiro atoms. The molecule has 0 bridgehead atoms. The van der Waals surface area contributed by atoms with Gasteiger partial charge >= 0.3 is 0 Å². The molecule has 0 amide bonds. The van der Waals surface area contributed by atoms with Crippen LogP contribution >= 0.6 is 12.2 Å².